The lowest BCUT2D eigenvalue weighted by atomic mass is 10.4. The van der Waals surface area contributed by atoms with Crippen LogP contribution >= 0.6 is 22.9 Å². The van der Waals surface area contributed by atoms with Crippen LogP contribution < -0.4 is 0 Å². The molecule has 0 radical (unpaired) electrons. The Labute approximate surface area is 107 Å². The molecular weight excluding hydrogens is 256 g/mol. The summed E-state index contributed by atoms with van der Waals surface area (Å²) in [6.45, 7) is 0.666. The van der Waals surface area contributed by atoms with Gasteiger partial charge in [0.15, 0.2) is 5.65 Å². The molecule has 0 aromatic carbocycles. The molecule has 3 aromatic heterocycles. The zero-order valence-electron chi connectivity index (χ0n) is 8.88. The molecule has 0 saturated carbocycles. The van der Waals surface area contributed by atoms with Gasteiger partial charge < -0.3 is 4.57 Å². The summed E-state index contributed by atoms with van der Waals surface area (Å²) in [5.74, 6) is 1.20. The molecule has 0 amide bonds. The highest BCUT2D eigenvalue weighted by Gasteiger charge is 2.11. The summed E-state index contributed by atoms with van der Waals surface area (Å²) in [7, 11) is 0. The predicted molar refractivity (Wildman–Crippen MR) is 68.3 cm³/mol. The molecule has 3 aromatic rings. The molecule has 17 heavy (non-hydrogen) atoms. The minimum Gasteiger partial charge on any atom is -0.306 e. The molecule has 4 nitrogen and oxygen atoms in total. The number of nitrogens with zero attached hydrogens (tertiary/aromatic N) is 4. The standard InChI is InChI=1S/C11H9ClN4S/c12-4-10-15-9-2-1-3-13-11(9)16(10)5-8-6-17-7-14-8/h1-3,6-7H,4-5H2. The first kappa shape index (κ1) is 10.7. The second-order valence-electron chi connectivity index (χ2n) is 3.57. The molecule has 0 saturated heterocycles. The van der Waals surface area contributed by atoms with Gasteiger partial charge in [0.25, 0.3) is 0 Å². The number of rotatable bonds is 3. The number of hydrogen-bond acceptors (Lipinski definition) is 4. The molecule has 0 bridgehead atoms. The second kappa shape index (κ2) is 4.43. The molecule has 3 rings (SSSR count). The first-order valence-corrected chi connectivity index (χ1v) is 6.59. The van der Waals surface area contributed by atoms with Crippen LogP contribution in [-0.2, 0) is 12.4 Å². The van der Waals surface area contributed by atoms with Gasteiger partial charge in [-0.1, -0.05) is 0 Å². The van der Waals surface area contributed by atoms with E-state index in [0.29, 0.717) is 12.4 Å². The van der Waals surface area contributed by atoms with Gasteiger partial charge in [0.2, 0.25) is 0 Å². The number of halogens is 1. The van der Waals surface area contributed by atoms with Crippen LogP contribution in [0.2, 0.25) is 0 Å². The van der Waals surface area contributed by atoms with E-state index in [-0.39, 0.29) is 0 Å². The molecule has 0 aliphatic carbocycles. The lowest BCUT2D eigenvalue weighted by Gasteiger charge is -2.04. The van der Waals surface area contributed by atoms with E-state index >= 15 is 0 Å². The third-order valence-corrected chi connectivity index (χ3v) is 3.38. The van der Waals surface area contributed by atoms with Crippen LogP contribution in [0.15, 0.2) is 29.2 Å². The summed E-state index contributed by atoms with van der Waals surface area (Å²) < 4.78 is 2.01. The van der Waals surface area contributed by atoms with Crippen molar-refractivity contribution in [3.05, 3.63) is 40.7 Å². The Hall–Kier alpha value is -1.46. The normalized spacial score (nSPS) is 11.1. The Kier molecular flexibility index (Phi) is 2.78. The van der Waals surface area contributed by atoms with Crippen LogP contribution in [0.3, 0.4) is 0 Å². The maximum Gasteiger partial charge on any atom is 0.160 e. The van der Waals surface area contributed by atoms with E-state index in [1.54, 1.807) is 17.5 Å². The van der Waals surface area contributed by atoms with Gasteiger partial charge >= 0.3 is 0 Å². The van der Waals surface area contributed by atoms with Gasteiger partial charge in [-0.15, -0.1) is 22.9 Å². The second-order valence-corrected chi connectivity index (χ2v) is 4.56. The number of alkyl halides is 1. The molecule has 0 unspecified atom stereocenters. The summed E-state index contributed by atoms with van der Waals surface area (Å²) in [5.41, 5.74) is 4.56. The highest BCUT2D eigenvalue weighted by atomic mass is 35.5. The maximum absolute atomic E-state index is 5.91. The number of hydrogen-bond donors (Lipinski definition) is 0. The first-order chi connectivity index (χ1) is 8.38. The average molecular weight is 265 g/mol. The summed E-state index contributed by atoms with van der Waals surface area (Å²) in [6.07, 6.45) is 1.76. The molecule has 0 atom stereocenters. The van der Waals surface area contributed by atoms with E-state index in [9.17, 15) is 0 Å². The van der Waals surface area contributed by atoms with Gasteiger partial charge in [-0.25, -0.2) is 15.0 Å². The fourth-order valence-electron chi connectivity index (χ4n) is 1.75. The number of imidazole rings is 1. The van der Waals surface area contributed by atoms with Gasteiger partial charge in [-0.3, -0.25) is 0 Å². The molecule has 0 fully saturated rings. The summed E-state index contributed by atoms with van der Waals surface area (Å²) >= 11 is 7.50. The van der Waals surface area contributed by atoms with Crippen molar-refractivity contribution in [1.29, 1.82) is 0 Å². The van der Waals surface area contributed by atoms with Crippen LogP contribution in [0.1, 0.15) is 11.5 Å². The molecule has 0 aliphatic rings. The zero-order valence-corrected chi connectivity index (χ0v) is 10.4. The van der Waals surface area contributed by atoms with Crippen molar-refractivity contribution in [2.45, 2.75) is 12.4 Å². The van der Waals surface area contributed by atoms with Gasteiger partial charge in [-0.2, -0.15) is 0 Å². The number of thiazole rings is 1. The highest BCUT2D eigenvalue weighted by Crippen LogP contribution is 2.17. The van der Waals surface area contributed by atoms with Crippen LogP contribution in [0.5, 0.6) is 0 Å². The van der Waals surface area contributed by atoms with Crippen LogP contribution in [0.4, 0.5) is 0 Å². The van der Waals surface area contributed by atoms with E-state index in [0.717, 1.165) is 22.7 Å². The van der Waals surface area contributed by atoms with Crippen molar-refractivity contribution >= 4 is 34.1 Å². The molecule has 0 aliphatic heterocycles. The lowest BCUT2D eigenvalue weighted by molar-refractivity contribution is 0.755. The molecule has 6 heteroatoms. The Bertz CT molecular complexity index is 632. The maximum atomic E-state index is 5.91. The summed E-state index contributed by atoms with van der Waals surface area (Å²) in [5, 5.41) is 2.02. The minimum absolute atomic E-state index is 0.375. The van der Waals surface area contributed by atoms with Crippen molar-refractivity contribution in [3.63, 3.8) is 0 Å². The van der Waals surface area contributed by atoms with Gasteiger partial charge in [-0.05, 0) is 12.1 Å². The zero-order chi connectivity index (χ0) is 11.7. The number of pyridine rings is 1. The largest absolute Gasteiger partial charge is 0.306 e. The first-order valence-electron chi connectivity index (χ1n) is 5.11. The molecule has 0 spiro atoms. The van der Waals surface area contributed by atoms with Crippen molar-refractivity contribution in [3.8, 4) is 0 Å². The van der Waals surface area contributed by atoms with E-state index in [1.807, 2.05) is 27.6 Å². The van der Waals surface area contributed by atoms with E-state index in [4.69, 9.17) is 11.6 Å². The Balaban J connectivity index is 2.12. The van der Waals surface area contributed by atoms with Gasteiger partial charge in [0.1, 0.15) is 11.3 Å². The monoisotopic (exact) mass is 264 g/mol. The highest BCUT2D eigenvalue weighted by molar-refractivity contribution is 7.07. The number of aromatic nitrogens is 4. The Morgan fingerprint density at radius 3 is 3.06 bits per heavy atom. The van der Waals surface area contributed by atoms with Crippen molar-refractivity contribution < 1.29 is 0 Å². The van der Waals surface area contributed by atoms with E-state index in [2.05, 4.69) is 15.0 Å². The smallest absolute Gasteiger partial charge is 0.160 e. The Morgan fingerprint density at radius 2 is 2.29 bits per heavy atom. The number of fused-ring (bicyclic) bond motifs is 1. The predicted octanol–water partition coefficient (Wildman–Crippen LogP) is 2.67. The van der Waals surface area contributed by atoms with Gasteiger partial charge in [0.05, 0.1) is 23.6 Å². The van der Waals surface area contributed by atoms with Crippen LogP contribution in [0.25, 0.3) is 11.2 Å². The quantitative estimate of drug-likeness (QED) is 0.683. The van der Waals surface area contributed by atoms with Crippen LogP contribution in [0, 0.1) is 0 Å². The average Bonchev–Trinajstić information content (AvgIpc) is 2.98. The summed E-state index contributed by atoms with van der Waals surface area (Å²) in [4.78, 5) is 13.1. The third-order valence-electron chi connectivity index (χ3n) is 2.51. The third kappa shape index (κ3) is 1.92. The summed E-state index contributed by atoms with van der Waals surface area (Å²) in [6, 6.07) is 3.82. The topological polar surface area (TPSA) is 43.6 Å². The molecule has 86 valence electrons. The fourth-order valence-corrected chi connectivity index (χ4v) is 2.50. The van der Waals surface area contributed by atoms with Crippen molar-refractivity contribution in [2.24, 2.45) is 0 Å². The molecule has 0 N–H and O–H groups in total. The van der Waals surface area contributed by atoms with Crippen molar-refractivity contribution in [2.75, 3.05) is 0 Å². The fraction of sp³-hybridized carbons (Fsp3) is 0.182. The lowest BCUT2D eigenvalue weighted by Crippen LogP contribution is -2.04. The minimum atomic E-state index is 0.375. The van der Waals surface area contributed by atoms with Crippen LogP contribution in [-0.4, -0.2) is 19.5 Å². The molecule has 3 heterocycles. The SMILES string of the molecule is ClCc1nc2cccnc2n1Cc1cscn1. The van der Waals surface area contributed by atoms with Crippen molar-refractivity contribution in [1.82, 2.24) is 19.5 Å². The Morgan fingerprint density at radius 1 is 1.35 bits per heavy atom. The van der Waals surface area contributed by atoms with E-state index < -0.39 is 0 Å². The van der Waals surface area contributed by atoms with Gasteiger partial charge in [0, 0.05) is 11.6 Å². The molecular formula is C11H9ClN4S. The van der Waals surface area contributed by atoms with E-state index in [1.165, 1.54) is 0 Å².